The van der Waals surface area contributed by atoms with Crippen LogP contribution in [0.1, 0.15) is 65.2 Å². The molecule has 1 rings (SSSR count). The maximum Gasteiger partial charge on any atom is 0.0263 e. The highest BCUT2D eigenvalue weighted by Crippen LogP contribution is 2.23. The highest BCUT2D eigenvalue weighted by Gasteiger charge is 2.16. The third-order valence-electron chi connectivity index (χ3n) is 3.83. The second-order valence-electron chi connectivity index (χ2n) is 5.66. The smallest absolute Gasteiger partial charge is 0.0263 e. The summed E-state index contributed by atoms with van der Waals surface area (Å²) in [7, 11) is 0. The first-order valence-corrected chi connectivity index (χ1v) is 10.5. The Morgan fingerprint density at radius 2 is 1.68 bits per heavy atom. The van der Waals surface area contributed by atoms with Crippen molar-refractivity contribution >= 4 is 23.5 Å². The molecule has 0 radical (unpaired) electrons. The molecule has 1 fully saturated rings. The summed E-state index contributed by atoms with van der Waals surface area (Å²) in [6.45, 7) is 5.84. The van der Waals surface area contributed by atoms with Crippen LogP contribution in [0.4, 0.5) is 0 Å². The molecule has 19 heavy (non-hydrogen) atoms. The van der Waals surface area contributed by atoms with Crippen molar-refractivity contribution in [1.29, 1.82) is 0 Å². The zero-order chi connectivity index (χ0) is 13.8. The summed E-state index contributed by atoms with van der Waals surface area (Å²) in [5, 5.41) is 4.73. The lowest BCUT2D eigenvalue weighted by Gasteiger charge is -2.25. The molecule has 0 spiro atoms. The van der Waals surface area contributed by atoms with E-state index in [0.29, 0.717) is 0 Å². The number of unbranched alkanes of at least 4 members (excludes halogenated alkanes) is 4. The summed E-state index contributed by atoms with van der Waals surface area (Å²) in [5.41, 5.74) is 0. The first kappa shape index (κ1) is 17.7. The largest absolute Gasteiger partial charge is 0.313 e. The second kappa shape index (κ2) is 12.4. The molecular weight excluding hydrogens is 270 g/mol. The van der Waals surface area contributed by atoms with Gasteiger partial charge in [0.05, 0.1) is 0 Å². The van der Waals surface area contributed by atoms with E-state index in [4.69, 9.17) is 0 Å². The molecule has 0 amide bonds. The number of thioether (sulfide) groups is 2. The van der Waals surface area contributed by atoms with Gasteiger partial charge in [-0.25, -0.2) is 0 Å². The van der Waals surface area contributed by atoms with Gasteiger partial charge in [-0.1, -0.05) is 52.4 Å². The first-order valence-electron chi connectivity index (χ1n) is 8.29. The van der Waals surface area contributed by atoms with E-state index in [9.17, 15) is 0 Å². The van der Waals surface area contributed by atoms with Crippen LogP contribution >= 0.6 is 23.5 Å². The van der Waals surface area contributed by atoms with Crippen molar-refractivity contribution in [3.63, 3.8) is 0 Å². The van der Waals surface area contributed by atoms with Crippen molar-refractivity contribution < 1.29 is 0 Å². The number of hydrogen-bond acceptors (Lipinski definition) is 3. The Morgan fingerprint density at radius 3 is 2.21 bits per heavy atom. The Morgan fingerprint density at radius 1 is 1.00 bits per heavy atom. The standard InChI is InChI=1S/C16H33NS2/c1-3-5-7-9-15(10-8-6-4-2)17-13-16-14-18-11-12-19-16/h15-17H,3-14H2,1-2H3. The number of nitrogens with one attached hydrogen (secondary N) is 1. The molecule has 1 heterocycles. The van der Waals surface area contributed by atoms with E-state index in [2.05, 4.69) is 42.7 Å². The summed E-state index contributed by atoms with van der Waals surface area (Å²) in [6, 6.07) is 0.783. The molecule has 1 nitrogen and oxygen atoms in total. The van der Waals surface area contributed by atoms with Gasteiger partial charge >= 0.3 is 0 Å². The zero-order valence-corrected chi connectivity index (χ0v) is 14.6. The molecule has 1 saturated heterocycles. The normalized spacial score (nSPS) is 20.1. The van der Waals surface area contributed by atoms with Crippen LogP contribution < -0.4 is 5.32 Å². The van der Waals surface area contributed by atoms with Crippen molar-refractivity contribution in [3.05, 3.63) is 0 Å². The fourth-order valence-electron chi connectivity index (χ4n) is 2.58. The van der Waals surface area contributed by atoms with Gasteiger partial charge in [-0.15, -0.1) is 0 Å². The molecule has 1 unspecified atom stereocenters. The molecule has 3 heteroatoms. The van der Waals surface area contributed by atoms with Gasteiger partial charge in [0.1, 0.15) is 0 Å². The summed E-state index contributed by atoms with van der Waals surface area (Å²) in [5.74, 6) is 4.07. The summed E-state index contributed by atoms with van der Waals surface area (Å²) >= 11 is 4.32. The van der Waals surface area contributed by atoms with Gasteiger partial charge < -0.3 is 5.32 Å². The van der Waals surface area contributed by atoms with E-state index in [-0.39, 0.29) is 0 Å². The van der Waals surface area contributed by atoms with Crippen LogP contribution in [0.3, 0.4) is 0 Å². The van der Waals surface area contributed by atoms with Crippen molar-refractivity contribution in [3.8, 4) is 0 Å². The predicted octanol–water partition coefficient (Wildman–Crippen LogP) is 4.95. The third kappa shape index (κ3) is 9.25. The lowest BCUT2D eigenvalue weighted by atomic mass is 10.0. The molecule has 0 aromatic carbocycles. The number of rotatable bonds is 11. The van der Waals surface area contributed by atoms with Gasteiger partial charge in [0.15, 0.2) is 0 Å². The first-order chi connectivity index (χ1) is 9.36. The van der Waals surface area contributed by atoms with Gasteiger partial charge in [0.25, 0.3) is 0 Å². The molecule has 114 valence electrons. The molecule has 1 atom stereocenters. The highest BCUT2D eigenvalue weighted by atomic mass is 32.2. The van der Waals surface area contributed by atoms with Crippen molar-refractivity contribution in [1.82, 2.24) is 5.32 Å². The fourth-order valence-corrected chi connectivity index (χ4v) is 5.21. The van der Waals surface area contributed by atoms with Crippen LogP contribution in [0.2, 0.25) is 0 Å². The van der Waals surface area contributed by atoms with Gasteiger partial charge in [-0.2, -0.15) is 23.5 Å². The molecule has 0 aromatic heterocycles. The summed E-state index contributed by atoms with van der Waals surface area (Å²) < 4.78 is 0. The molecule has 0 aliphatic carbocycles. The second-order valence-corrected chi connectivity index (χ2v) is 8.22. The molecule has 0 aromatic rings. The topological polar surface area (TPSA) is 12.0 Å². The third-order valence-corrected chi connectivity index (χ3v) is 6.68. The van der Waals surface area contributed by atoms with E-state index in [0.717, 1.165) is 11.3 Å². The van der Waals surface area contributed by atoms with Crippen LogP contribution in [-0.2, 0) is 0 Å². The quantitative estimate of drug-likeness (QED) is 0.542. The fraction of sp³-hybridized carbons (Fsp3) is 1.00. The summed E-state index contributed by atoms with van der Waals surface area (Å²) in [6.07, 6.45) is 11.1. The molecule has 0 saturated carbocycles. The SMILES string of the molecule is CCCCCC(CCCCC)NCC1CSCCS1. The minimum Gasteiger partial charge on any atom is -0.313 e. The van der Waals surface area contributed by atoms with Crippen LogP contribution in [-0.4, -0.2) is 35.1 Å². The van der Waals surface area contributed by atoms with Crippen LogP contribution in [0.15, 0.2) is 0 Å². The van der Waals surface area contributed by atoms with Crippen molar-refractivity contribution in [2.45, 2.75) is 76.5 Å². The number of hydrogen-bond donors (Lipinski definition) is 1. The average molecular weight is 304 g/mol. The molecule has 1 aliphatic heterocycles. The van der Waals surface area contributed by atoms with Gasteiger partial charge in [-0.3, -0.25) is 0 Å². The maximum absolute atomic E-state index is 3.87. The lowest BCUT2D eigenvalue weighted by molar-refractivity contribution is 0.421. The van der Waals surface area contributed by atoms with Gasteiger partial charge in [-0.05, 0) is 12.8 Å². The Bertz CT molecular complexity index is 183. The van der Waals surface area contributed by atoms with E-state index < -0.39 is 0 Å². The van der Waals surface area contributed by atoms with Crippen LogP contribution in [0.25, 0.3) is 0 Å². The van der Waals surface area contributed by atoms with Crippen molar-refractivity contribution in [2.24, 2.45) is 0 Å². The zero-order valence-electron chi connectivity index (χ0n) is 13.0. The van der Waals surface area contributed by atoms with Crippen LogP contribution in [0.5, 0.6) is 0 Å². The van der Waals surface area contributed by atoms with E-state index in [1.54, 1.807) is 0 Å². The van der Waals surface area contributed by atoms with Gasteiger partial charge in [0.2, 0.25) is 0 Å². The molecule has 0 bridgehead atoms. The van der Waals surface area contributed by atoms with Gasteiger partial charge in [0, 0.05) is 35.1 Å². The van der Waals surface area contributed by atoms with Crippen LogP contribution in [0, 0.1) is 0 Å². The van der Waals surface area contributed by atoms with E-state index in [1.807, 2.05) is 0 Å². The maximum atomic E-state index is 3.87. The average Bonchev–Trinajstić information content (AvgIpc) is 2.45. The van der Waals surface area contributed by atoms with E-state index >= 15 is 0 Å². The minimum atomic E-state index is 0.783. The molecule has 1 N–H and O–H groups in total. The Labute approximate surface area is 129 Å². The van der Waals surface area contributed by atoms with Crippen molar-refractivity contribution in [2.75, 3.05) is 23.8 Å². The highest BCUT2D eigenvalue weighted by molar-refractivity contribution is 8.06. The summed E-state index contributed by atoms with van der Waals surface area (Å²) in [4.78, 5) is 0. The lowest BCUT2D eigenvalue weighted by Crippen LogP contribution is -2.36. The Hall–Kier alpha value is 0.660. The molecular formula is C16H33NS2. The Kier molecular flexibility index (Phi) is 11.6. The minimum absolute atomic E-state index is 0.783. The van der Waals surface area contributed by atoms with E-state index in [1.165, 1.54) is 75.2 Å². The predicted molar refractivity (Wildman–Crippen MR) is 93.6 cm³/mol. The monoisotopic (exact) mass is 303 g/mol. The Balaban J connectivity index is 2.17. The molecule has 1 aliphatic rings.